The van der Waals surface area contributed by atoms with Crippen LogP contribution in [0.15, 0.2) is 30.7 Å². The number of aryl methyl sites for hydroxylation is 1. The largest absolute Gasteiger partial charge is 0.421 e. The average Bonchev–Trinajstić information content (AvgIpc) is 3.31. The Hall–Kier alpha value is -3.11. The predicted octanol–water partition coefficient (Wildman–Crippen LogP) is 3.38. The molecule has 0 bridgehead atoms. The maximum absolute atomic E-state index is 13.2. The number of alkyl halides is 3. The summed E-state index contributed by atoms with van der Waals surface area (Å²) >= 11 is 0. The van der Waals surface area contributed by atoms with E-state index in [4.69, 9.17) is 4.11 Å². The molecular formula is C17H21F3N8. The predicted molar refractivity (Wildman–Crippen MR) is 98.3 cm³/mol. The molecule has 0 aliphatic heterocycles. The number of nitrogens with one attached hydrogen (secondary N) is 2. The second kappa shape index (κ2) is 7.13. The molecular weight excluding hydrogens is 373 g/mol. The highest BCUT2D eigenvalue weighted by Gasteiger charge is 2.35. The van der Waals surface area contributed by atoms with Gasteiger partial charge in [-0.05, 0) is 26.8 Å². The van der Waals surface area contributed by atoms with Gasteiger partial charge < -0.3 is 10.6 Å². The van der Waals surface area contributed by atoms with Crippen molar-refractivity contribution in [1.82, 2.24) is 29.5 Å². The minimum atomic E-state index is -4.64. The van der Waals surface area contributed by atoms with Gasteiger partial charge >= 0.3 is 6.18 Å². The molecule has 11 heteroatoms. The molecule has 0 radical (unpaired) electrons. The van der Waals surface area contributed by atoms with E-state index in [2.05, 4.69) is 30.8 Å². The van der Waals surface area contributed by atoms with Gasteiger partial charge in [0.25, 0.3) is 0 Å². The number of aromatic nitrogens is 6. The Morgan fingerprint density at radius 1 is 1.29 bits per heavy atom. The van der Waals surface area contributed by atoms with Crippen LogP contribution < -0.4 is 10.6 Å². The summed E-state index contributed by atoms with van der Waals surface area (Å²) in [6.45, 7) is 2.77. The molecule has 0 fully saturated rings. The van der Waals surface area contributed by atoms with E-state index in [-0.39, 0.29) is 18.3 Å². The fourth-order valence-electron chi connectivity index (χ4n) is 2.55. The van der Waals surface area contributed by atoms with Gasteiger partial charge in [-0.25, -0.2) is 4.98 Å². The third-order valence-corrected chi connectivity index (χ3v) is 4.09. The maximum atomic E-state index is 13.2. The SMILES string of the molecule is [2H]C([2H])([2H])n1nc(C(C)(C)n2cccn2)cc1Nc1ncc(C(F)(F)F)c(NCC)n1. The highest BCUT2D eigenvalue weighted by atomic mass is 19.4. The van der Waals surface area contributed by atoms with E-state index in [0.29, 0.717) is 11.9 Å². The topological polar surface area (TPSA) is 85.5 Å². The number of hydrogen-bond acceptors (Lipinski definition) is 6. The molecule has 3 aromatic rings. The van der Waals surface area contributed by atoms with Gasteiger partial charge in [0.2, 0.25) is 5.95 Å². The molecule has 0 aliphatic rings. The van der Waals surface area contributed by atoms with E-state index < -0.39 is 30.1 Å². The molecule has 28 heavy (non-hydrogen) atoms. The van der Waals surface area contributed by atoms with Crippen molar-refractivity contribution in [2.24, 2.45) is 6.98 Å². The second-order valence-electron chi connectivity index (χ2n) is 6.45. The van der Waals surface area contributed by atoms with E-state index in [1.54, 1.807) is 43.9 Å². The van der Waals surface area contributed by atoms with Crippen LogP contribution in [0.25, 0.3) is 0 Å². The standard InChI is InChI=1S/C17H21F3N8/c1-5-21-14-11(17(18,19)20)10-22-15(25-14)24-13-9-12(26-27(13)4)16(2,3)28-8-6-7-23-28/h6-10H,5H2,1-4H3,(H2,21,22,24,25)/i4D3. The molecule has 0 aromatic carbocycles. The van der Waals surface area contributed by atoms with Gasteiger partial charge in [0.15, 0.2) is 0 Å². The molecule has 0 unspecified atom stereocenters. The Labute approximate surface area is 164 Å². The smallest absolute Gasteiger partial charge is 0.370 e. The molecule has 0 saturated carbocycles. The number of hydrogen-bond donors (Lipinski definition) is 2. The van der Waals surface area contributed by atoms with Crippen LogP contribution in [-0.4, -0.2) is 36.1 Å². The summed E-state index contributed by atoms with van der Waals surface area (Å²) in [6.07, 6.45) is -0.710. The number of rotatable bonds is 6. The molecule has 8 nitrogen and oxygen atoms in total. The quantitative estimate of drug-likeness (QED) is 0.663. The molecule has 3 rings (SSSR count). The first kappa shape index (κ1) is 15.9. The van der Waals surface area contributed by atoms with E-state index in [1.165, 1.54) is 6.07 Å². The van der Waals surface area contributed by atoms with E-state index >= 15 is 0 Å². The second-order valence-corrected chi connectivity index (χ2v) is 6.45. The number of anilines is 3. The highest BCUT2D eigenvalue weighted by Crippen LogP contribution is 2.34. The van der Waals surface area contributed by atoms with Gasteiger partial charge in [0, 0.05) is 42.3 Å². The Morgan fingerprint density at radius 3 is 2.68 bits per heavy atom. The number of nitrogens with zero attached hydrogens (tertiary/aromatic N) is 6. The lowest BCUT2D eigenvalue weighted by atomic mass is 10.0. The zero-order chi connectivity index (χ0) is 23.0. The van der Waals surface area contributed by atoms with E-state index in [0.717, 1.165) is 4.68 Å². The number of halogens is 3. The Bertz CT molecular complexity index is 1040. The highest BCUT2D eigenvalue weighted by molar-refractivity contribution is 5.54. The molecule has 3 aromatic heterocycles. The van der Waals surface area contributed by atoms with Gasteiger partial charge in [-0.2, -0.15) is 28.4 Å². The van der Waals surface area contributed by atoms with Crippen LogP contribution in [0.4, 0.5) is 30.8 Å². The summed E-state index contributed by atoms with van der Waals surface area (Å²) in [7, 11) is 0. The van der Waals surface area contributed by atoms with Crippen LogP contribution in [0.5, 0.6) is 0 Å². The van der Waals surface area contributed by atoms with Gasteiger partial charge in [-0.15, -0.1) is 0 Å². The average molecular weight is 397 g/mol. The van der Waals surface area contributed by atoms with Crippen molar-refractivity contribution in [1.29, 1.82) is 0 Å². The summed E-state index contributed by atoms with van der Waals surface area (Å²) in [5.74, 6) is -0.625. The van der Waals surface area contributed by atoms with E-state index in [1.807, 2.05) is 0 Å². The summed E-state index contributed by atoms with van der Waals surface area (Å²) in [6, 6.07) is 3.20. The Morgan fingerprint density at radius 2 is 2.07 bits per heavy atom. The first-order valence-electron chi connectivity index (χ1n) is 9.90. The molecule has 2 N–H and O–H groups in total. The van der Waals surface area contributed by atoms with Crippen molar-refractivity contribution in [3.8, 4) is 0 Å². The van der Waals surface area contributed by atoms with Crippen molar-refractivity contribution in [2.45, 2.75) is 32.5 Å². The summed E-state index contributed by atoms with van der Waals surface area (Å²) in [4.78, 5) is 7.58. The molecule has 0 aliphatic carbocycles. The van der Waals surface area contributed by atoms with Crippen molar-refractivity contribution in [3.05, 3.63) is 42.0 Å². The van der Waals surface area contributed by atoms with Crippen LogP contribution in [0.1, 0.15) is 36.1 Å². The molecule has 0 saturated heterocycles. The summed E-state index contributed by atoms with van der Waals surface area (Å²) in [5, 5.41) is 13.6. The Kier molecular flexibility index (Phi) is 4.05. The molecule has 0 spiro atoms. The van der Waals surface area contributed by atoms with Gasteiger partial charge in [0.1, 0.15) is 22.7 Å². The van der Waals surface area contributed by atoms with Crippen molar-refractivity contribution >= 4 is 17.6 Å². The molecule has 0 amide bonds. The van der Waals surface area contributed by atoms with Crippen LogP contribution in [0.2, 0.25) is 0 Å². The normalized spacial score (nSPS) is 14.3. The summed E-state index contributed by atoms with van der Waals surface area (Å²) < 4.78 is 65.2. The van der Waals surface area contributed by atoms with Crippen molar-refractivity contribution in [3.63, 3.8) is 0 Å². The maximum Gasteiger partial charge on any atom is 0.421 e. The summed E-state index contributed by atoms with van der Waals surface area (Å²) in [5.41, 5.74) is -1.45. The first-order chi connectivity index (χ1) is 14.3. The lowest BCUT2D eigenvalue weighted by Crippen LogP contribution is -2.28. The zero-order valence-electron chi connectivity index (χ0n) is 18.4. The van der Waals surface area contributed by atoms with Crippen molar-refractivity contribution < 1.29 is 17.3 Å². The fourth-order valence-corrected chi connectivity index (χ4v) is 2.55. The minimum Gasteiger partial charge on any atom is -0.370 e. The lowest BCUT2D eigenvalue weighted by molar-refractivity contribution is -0.137. The monoisotopic (exact) mass is 397 g/mol. The van der Waals surface area contributed by atoms with Gasteiger partial charge in [-0.3, -0.25) is 9.36 Å². The van der Waals surface area contributed by atoms with Gasteiger partial charge in [0.05, 0.1) is 5.69 Å². The van der Waals surface area contributed by atoms with Crippen molar-refractivity contribution in [2.75, 3.05) is 17.2 Å². The fraction of sp³-hybridized carbons (Fsp3) is 0.412. The third kappa shape index (κ3) is 3.78. The van der Waals surface area contributed by atoms with Crippen LogP contribution in [0.3, 0.4) is 0 Å². The van der Waals surface area contributed by atoms with Crippen LogP contribution >= 0.6 is 0 Å². The zero-order valence-corrected chi connectivity index (χ0v) is 15.4. The Balaban J connectivity index is 2.03. The minimum absolute atomic E-state index is 0.00237. The lowest BCUT2D eigenvalue weighted by Gasteiger charge is -2.22. The first-order valence-corrected chi connectivity index (χ1v) is 8.40. The molecule has 3 heterocycles. The van der Waals surface area contributed by atoms with Crippen LogP contribution in [-0.2, 0) is 18.7 Å². The van der Waals surface area contributed by atoms with Gasteiger partial charge in [-0.1, -0.05) is 0 Å². The molecule has 0 atom stereocenters. The van der Waals surface area contributed by atoms with E-state index in [9.17, 15) is 13.2 Å². The third-order valence-electron chi connectivity index (χ3n) is 4.09. The van der Waals surface area contributed by atoms with Crippen LogP contribution in [0, 0.1) is 0 Å². The molecule has 150 valence electrons.